The second-order valence-electron chi connectivity index (χ2n) is 9.77. The predicted octanol–water partition coefficient (Wildman–Crippen LogP) is 4.65. The van der Waals surface area contributed by atoms with E-state index in [0.29, 0.717) is 0 Å². The van der Waals surface area contributed by atoms with Gasteiger partial charge in [-0.25, -0.2) is 5.43 Å². The van der Waals surface area contributed by atoms with Gasteiger partial charge in [-0.15, -0.1) is 0 Å². The van der Waals surface area contributed by atoms with E-state index in [1.807, 2.05) is 0 Å². The van der Waals surface area contributed by atoms with Crippen LogP contribution in [0.15, 0.2) is 29.4 Å². The average Bonchev–Trinajstić information content (AvgIpc) is 2.53. The first-order chi connectivity index (χ1) is 11.8. The summed E-state index contributed by atoms with van der Waals surface area (Å²) < 4.78 is 0. The summed E-state index contributed by atoms with van der Waals surface area (Å²) in [6, 6.07) is 8.42. The van der Waals surface area contributed by atoms with Crippen LogP contribution in [0.25, 0.3) is 0 Å². The van der Waals surface area contributed by atoms with E-state index >= 15 is 0 Å². The Bertz CT molecular complexity index is 646. The molecule has 0 aliphatic heterocycles. The maximum Gasteiger partial charge on any atom is 0.246 e. The Kier molecular flexibility index (Phi) is 4.01. The summed E-state index contributed by atoms with van der Waals surface area (Å²) in [5.74, 6) is 2.51. The third-order valence-corrected chi connectivity index (χ3v) is 6.68. The molecule has 4 aliphatic carbocycles. The van der Waals surface area contributed by atoms with Gasteiger partial charge in [-0.2, -0.15) is 5.10 Å². The van der Waals surface area contributed by atoms with Gasteiger partial charge in [0.05, 0.1) is 11.6 Å². The number of carbonyl (C=O) groups excluding carboxylic acids is 1. The standard InChI is InChI=1S/C22H30N2O/c1-21(2,3)19-6-4-15(5-7-19)14-23-24-20(25)22-11-16-8-17(12-22)10-18(9-16)13-22/h4-7,14,16-18H,8-13H2,1-3H3,(H,24,25)/b23-14-. The van der Waals surface area contributed by atoms with Crippen molar-refractivity contribution in [1.29, 1.82) is 0 Å². The van der Waals surface area contributed by atoms with Crippen molar-refractivity contribution in [3.63, 3.8) is 0 Å². The van der Waals surface area contributed by atoms with Crippen LogP contribution in [0.3, 0.4) is 0 Å². The lowest BCUT2D eigenvalue weighted by molar-refractivity contribution is -0.146. The monoisotopic (exact) mass is 338 g/mol. The van der Waals surface area contributed by atoms with Crippen molar-refractivity contribution in [2.24, 2.45) is 28.3 Å². The quantitative estimate of drug-likeness (QED) is 0.632. The van der Waals surface area contributed by atoms with Crippen LogP contribution in [0.4, 0.5) is 0 Å². The first kappa shape index (κ1) is 16.8. The van der Waals surface area contributed by atoms with Crippen LogP contribution in [-0.4, -0.2) is 12.1 Å². The molecule has 0 spiro atoms. The molecule has 1 amide bonds. The fourth-order valence-corrected chi connectivity index (χ4v) is 5.74. The van der Waals surface area contributed by atoms with Crippen LogP contribution >= 0.6 is 0 Å². The number of nitrogens with one attached hydrogen (secondary N) is 1. The molecular weight excluding hydrogens is 308 g/mol. The van der Waals surface area contributed by atoms with Gasteiger partial charge < -0.3 is 0 Å². The van der Waals surface area contributed by atoms with Crippen LogP contribution < -0.4 is 5.43 Å². The zero-order chi connectivity index (χ0) is 17.7. The normalized spacial score (nSPS) is 33.8. The highest BCUT2D eigenvalue weighted by atomic mass is 16.2. The first-order valence-corrected chi connectivity index (χ1v) is 9.78. The zero-order valence-electron chi connectivity index (χ0n) is 15.7. The summed E-state index contributed by atoms with van der Waals surface area (Å²) in [5.41, 5.74) is 5.23. The molecule has 0 aromatic heterocycles. The highest BCUT2D eigenvalue weighted by Gasteiger charge is 2.54. The minimum Gasteiger partial charge on any atom is -0.273 e. The number of carbonyl (C=O) groups is 1. The smallest absolute Gasteiger partial charge is 0.246 e. The number of rotatable bonds is 3. The van der Waals surface area contributed by atoms with Gasteiger partial charge in [0.15, 0.2) is 0 Å². The molecule has 4 saturated carbocycles. The Morgan fingerprint density at radius 3 is 2.04 bits per heavy atom. The Morgan fingerprint density at radius 1 is 1.04 bits per heavy atom. The van der Waals surface area contributed by atoms with E-state index in [4.69, 9.17) is 0 Å². The van der Waals surface area contributed by atoms with Crippen molar-refractivity contribution in [2.75, 3.05) is 0 Å². The van der Waals surface area contributed by atoms with E-state index in [2.05, 4.69) is 55.6 Å². The molecule has 3 heteroatoms. The second-order valence-corrected chi connectivity index (χ2v) is 9.77. The number of amides is 1. The largest absolute Gasteiger partial charge is 0.273 e. The van der Waals surface area contributed by atoms with Crippen LogP contribution in [0.1, 0.15) is 70.4 Å². The van der Waals surface area contributed by atoms with Crippen LogP contribution in [0.5, 0.6) is 0 Å². The molecule has 0 unspecified atom stereocenters. The molecule has 0 radical (unpaired) electrons. The van der Waals surface area contributed by atoms with E-state index in [9.17, 15) is 4.79 Å². The molecule has 1 aromatic rings. The Labute approximate surface area is 151 Å². The highest BCUT2D eigenvalue weighted by molar-refractivity contribution is 5.85. The van der Waals surface area contributed by atoms with Crippen LogP contribution in [0, 0.1) is 23.2 Å². The Hall–Kier alpha value is -1.64. The third-order valence-electron chi connectivity index (χ3n) is 6.68. The molecule has 0 heterocycles. The van der Waals surface area contributed by atoms with Gasteiger partial charge in [-0.05, 0) is 72.8 Å². The number of benzene rings is 1. The summed E-state index contributed by atoms with van der Waals surface area (Å²) >= 11 is 0. The molecule has 4 bridgehead atoms. The first-order valence-electron chi connectivity index (χ1n) is 9.78. The molecule has 3 nitrogen and oxygen atoms in total. The number of hydrazone groups is 1. The molecule has 25 heavy (non-hydrogen) atoms. The molecule has 134 valence electrons. The van der Waals surface area contributed by atoms with Gasteiger partial charge in [0.2, 0.25) is 5.91 Å². The molecule has 1 N–H and O–H groups in total. The van der Waals surface area contributed by atoms with E-state index in [1.54, 1.807) is 6.21 Å². The topological polar surface area (TPSA) is 41.5 Å². The van der Waals surface area contributed by atoms with Crippen molar-refractivity contribution < 1.29 is 4.79 Å². The van der Waals surface area contributed by atoms with Crippen molar-refractivity contribution >= 4 is 12.1 Å². The van der Waals surface area contributed by atoms with Crippen molar-refractivity contribution in [1.82, 2.24) is 5.43 Å². The van der Waals surface area contributed by atoms with E-state index in [-0.39, 0.29) is 16.7 Å². The molecule has 0 atom stereocenters. The molecule has 1 aromatic carbocycles. The number of hydrogen-bond acceptors (Lipinski definition) is 2. The van der Waals surface area contributed by atoms with Crippen molar-refractivity contribution in [3.8, 4) is 0 Å². The van der Waals surface area contributed by atoms with Crippen LogP contribution in [0.2, 0.25) is 0 Å². The molecule has 4 fully saturated rings. The number of hydrogen-bond donors (Lipinski definition) is 1. The summed E-state index contributed by atoms with van der Waals surface area (Å²) in [7, 11) is 0. The summed E-state index contributed by atoms with van der Waals surface area (Å²) in [4.78, 5) is 12.8. The average molecular weight is 338 g/mol. The minimum absolute atomic E-state index is 0.123. The summed E-state index contributed by atoms with van der Waals surface area (Å²) in [6.45, 7) is 6.63. The molecule has 0 saturated heterocycles. The fraction of sp³-hybridized carbons (Fsp3) is 0.636. The lowest BCUT2D eigenvalue weighted by Crippen LogP contribution is -2.52. The molecule has 5 rings (SSSR count). The lowest BCUT2D eigenvalue weighted by Gasteiger charge is -2.55. The molecular formula is C22H30N2O. The fourth-order valence-electron chi connectivity index (χ4n) is 5.74. The van der Waals surface area contributed by atoms with Gasteiger partial charge >= 0.3 is 0 Å². The van der Waals surface area contributed by atoms with Crippen molar-refractivity contribution in [2.45, 2.75) is 64.7 Å². The Balaban J connectivity index is 1.40. The third kappa shape index (κ3) is 3.26. The minimum atomic E-state index is -0.123. The number of nitrogens with zero attached hydrogens (tertiary/aromatic N) is 1. The maximum absolute atomic E-state index is 12.8. The van der Waals surface area contributed by atoms with Gasteiger partial charge in [0, 0.05) is 0 Å². The zero-order valence-corrected chi connectivity index (χ0v) is 15.7. The SMILES string of the molecule is CC(C)(C)c1ccc(/C=N\NC(=O)C23CC4CC(CC(C4)C2)C3)cc1. The summed E-state index contributed by atoms with van der Waals surface area (Å²) in [5, 5.41) is 4.27. The van der Waals surface area contributed by atoms with Gasteiger partial charge in [0.1, 0.15) is 0 Å². The summed E-state index contributed by atoms with van der Waals surface area (Å²) in [6.07, 6.45) is 9.09. The lowest BCUT2D eigenvalue weighted by atomic mass is 9.49. The van der Waals surface area contributed by atoms with E-state index < -0.39 is 0 Å². The Morgan fingerprint density at radius 2 is 1.56 bits per heavy atom. The maximum atomic E-state index is 12.8. The van der Waals surface area contributed by atoms with Gasteiger partial charge in [-0.3, -0.25) is 4.79 Å². The molecule has 4 aliphatic rings. The van der Waals surface area contributed by atoms with E-state index in [0.717, 1.165) is 42.6 Å². The van der Waals surface area contributed by atoms with Gasteiger partial charge in [-0.1, -0.05) is 45.0 Å². The second kappa shape index (κ2) is 5.96. The van der Waals surface area contributed by atoms with Gasteiger partial charge in [0.25, 0.3) is 0 Å². The van der Waals surface area contributed by atoms with E-state index in [1.165, 1.54) is 24.8 Å². The van der Waals surface area contributed by atoms with Crippen LogP contribution in [-0.2, 0) is 10.2 Å². The van der Waals surface area contributed by atoms with Crippen molar-refractivity contribution in [3.05, 3.63) is 35.4 Å². The highest BCUT2D eigenvalue weighted by Crippen LogP contribution is 2.60. The predicted molar refractivity (Wildman–Crippen MR) is 101 cm³/mol.